The molecule has 0 N–H and O–H groups in total. The maximum absolute atomic E-state index is 13.1. The maximum atomic E-state index is 13.1. The molecule has 14 heteroatoms. The largest absolute Gasteiger partial charge is 0.417 e. The first kappa shape index (κ1) is 22.8. The fourth-order valence-electron chi connectivity index (χ4n) is 3.77. The molecule has 0 saturated heterocycles. The lowest BCUT2D eigenvalue weighted by Gasteiger charge is -2.06. The summed E-state index contributed by atoms with van der Waals surface area (Å²) in [5.41, 5.74) is -0.995. The quantitative estimate of drug-likeness (QED) is 0.403. The van der Waals surface area contributed by atoms with Gasteiger partial charge < -0.3 is 4.57 Å². The zero-order valence-electron chi connectivity index (χ0n) is 17.9. The van der Waals surface area contributed by atoms with Crippen molar-refractivity contribution in [1.29, 1.82) is 0 Å². The van der Waals surface area contributed by atoms with Gasteiger partial charge in [0.1, 0.15) is 16.9 Å². The monoisotopic (exact) mass is 513 g/mol. The number of hydrogen-bond acceptors (Lipinski definition) is 7. The number of alkyl halides is 3. The van der Waals surface area contributed by atoms with Crippen LogP contribution in [0.15, 0.2) is 40.5 Å². The second-order valence-electron chi connectivity index (χ2n) is 8.06. The van der Waals surface area contributed by atoms with Gasteiger partial charge in [-0.05, 0) is 25.0 Å². The van der Waals surface area contributed by atoms with Gasteiger partial charge in [-0.3, -0.25) is 4.40 Å². The van der Waals surface area contributed by atoms with Crippen LogP contribution in [-0.4, -0.2) is 51.8 Å². The van der Waals surface area contributed by atoms with Gasteiger partial charge in [0.15, 0.2) is 36.2 Å². The molecular weight excluding hydrogens is 495 g/mol. The number of pyridine rings is 2. The number of nitrogens with zero attached hydrogens (tertiary/aromatic N) is 5. The zero-order chi connectivity index (χ0) is 24.6. The predicted octanol–water partition coefficient (Wildman–Crippen LogP) is 3.03. The number of sulfone groups is 2. The van der Waals surface area contributed by atoms with Gasteiger partial charge in [0.2, 0.25) is 0 Å². The molecule has 4 aromatic rings. The molecule has 1 aliphatic rings. The van der Waals surface area contributed by atoms with E-state index < -0.39 is 36.7 Å². The molecule has 5 rings (SSSR count). The van der Waals surface area contributed by atoms with Gasteiger partial charge in [-0.1, -0.05) is 6.92 Å². The predicted molar refractivity (Wildman–Crippen MR) is 116 cm³/mol. The van der Waals surface area contributed by atoms with Crippen molar-refractivity contribution in [2.75, 3.05) is 5.75 Å². The van der Waals surface area contributed by atoms with Crippen LogP contribution in [0.3, 0.4) is 0 Å². The highest BCUT2D eigenvalue weighted by Gasteiger charge is 2.38. The summed E-state index contributed by atoms with van der Waals surface area (Å²) in [7, 11) is -5.97. The minimum absolute atomic E-state index is 0.0100. The van der Waals surface area contributed by atoms with Crippen LogP contribution >= 0.6 is 0 Å². The minimum Gasteiger partial charge on any atom is -0.310 e. The molecule has 0 unspecified atom stereocenters. The summed E-state index contributed by atoms with van der Waals surface area (Å²) in [5.74, 6) is -0.291. The summed E-state index contributed by atoms with van der Waals surface area (Å²) in [4.78, 5) is 12.5. The Labute approximate surface area is 192 Å². The highest BCUT2D eigenvalue weighted by molar-refractivity contribution is 7.92. The highest BCUT2D eigenvalue weighted by Crippen LogP contribution is 2.36. The van der Waals surface area contributed by atoms with Gasteiger partial charge in [-0.2, -0.15) is 13.2 Å². The number of aryl methyl sites for hydroxylation is 1. The number of hydrogen-bond donors (Lipinski definition) is 0. The number of imidazole rings is 2. The van der Waals surface area contributed by atoms with E-state index in [1.165, 1.54) is 41.3 Å². The minimum atomic E-state index is -4.62. The third-order valence-corrected chi connectivity index (χ3v) is 9.77. The van der Waals surface area contributed by atoms with E-state index >= 15 is 0 Å². The molecule has 0 radical (unpaired) electrons. The molecule has 0 bridgehead atoms. The fraction of sp³-hybridized carbons (Fsp3) is 0.350. The van der Waals surface area contributed by atoms with Crippen molar-refractivity contribution >= 4 is 36.5 Å². The number of fused-ring (bicyclic) bond motifs is 2. The smallest absolute Gasteiger partial charge is 0.310 e. The Bertz CT molecular complexity index is 1680. The van der Waals surface area contributed by atoms with E-state index in [2.05, 4.69) is 15.0 Å². The molecule has 180 valence electrons. The van der Waals surface area contributed by atoms with Crippen molar-refractivity contribution in [3.63, 3.8) is 0 Å². The molecule has 0 aliphatic heterocycles. The second-order valence-corrected chi connectivity index (χ2v) is 12.5. The van der Waals surface area contributed by atoms with E-state index in [1.54, 1.807) is 0 Å². The number of aromatic nitrogens is 5. The van der Waals surface area contributed by atoms with Crippen LogP contribution in [0.1, 0.15) is 25.3 Å². The van der Waals surface area contributed by atoms with E-state index in [-0.39, 0.29) is 44.0 Å². The van der Waals surface area contributed by atoms with Crippen LogP contribution in [-0.2, 0) is 32.9 Å². The van der Waals surface area contributed by atoms with Crippen molar-refractivity contribution in [2.24, 2.45) is 7.05 Å². The second kappa shape index (κ2) is 7.25. The van der Waals surface area contributed by atoms with Crippen molar-refractivity contribution in [2.45, 2.75) is 41.1 Å². The van der Waals surface area contributed by atoms with E-state index in [1.807, 2.05) is 0 Å². The average molecular weight is 514 g/mol. The molecule has 4 heterocycles. The van der Waals surface area contributed by atoms with Gasteiger partial charge in [0, 0.05) is 25.5 Å². The summed E-state index contributed by atoms with van der Waals surface area (Å²) in [6, 6.07) is 3.46. The molecule has 0 aromatic carbocycles. The Hall–Kier alpha value is -3.00. The van der Waals surface area contributed by atoms with Crippen LogP contribution in [0.2, 0.25) is 0 Å². The molecule has 1 aliphatic carbocycles. The molecule has 9 nitrogen and oxygen atoms in total. The van der Waals surface area contributed by atoms with Crippen LogP contribution in [0.25, 0.3) is 28.3 Å². The summed E-state index contributed by atoms with van der Waals surface area (Å²) in [6.45, 7) is 1.44. The van der Waals surface area contributed by atoms with E-state index in [9.17, 15) is 30.0 Å². The van der Waals surface area contributed by atoms with Crippen molar-refractivity contribution in [3.05, 3.63) is 36.2 Å². The van der Waals surface area contributed by atoms with Crippen molar-refractivity contribution in [3.8, 4) is 11.5 Å². The average Bonchev–Trinajstić information content (AvgIpc) is 3.49. The van der Waals surface area contributed by atoms with Crippen molar-refractivity contribution in [1.82, 2.24) is 23.9 Å². The molecular formula is C20H18F3N5O4S2. The summed E-state index contributed by atoms with van der Waals surface area (Å²) < 4.78 is 93.3. The molecule has 0 spiro atoms. The van der Waals surface area contributed by atoms with Gasteiger partial charge in [0.25, 0.3) is 0 Å². The normalized spacial score (nSPS) is 15.4. The zero-order valence-corrected chi connectivity index (χ0v) is 19.5. The van der Waals surface area contributed by atoms with E-state index in [0.717, 1.165) is 6.07 Å². The van der Waals surface area contributed by atoms with Gasteiger partial charge in [0.05, 0.1) is 21.5 Å². The first-order chi connectivity index (χ1) is 15.8. The number of rotatable bonds is 5. The highest BCUT2D eigenvalue weighted by atomic mass is 32.2. The third-order valence-electron chi connectivity index (χ3n) is 5.77. The molecule has 0 atom stereocenters. The summed E-state index contributed by atoms with van der Waals surface area (Å²) in [5, 5.41) is -0.688. The van der Waals surface area contributed by atoms with E-state index in [0.29, 0.717) is 19.0 Å². The maximum Gasteiger partial charge on any atom is 0.417 e. The molecule has 1 fully saturated rings. The Morgan fingerprint density at radius 3 is 2.44 bits per heavy atom. The molecule has 34 heavy (non-hydrogen) atoms. The lowest BCUT2D eigenvalue weighted by Crippen LogP contribution is -2.11. The summed E-state index contributed by atoms with van der Waals surface area (Å²) in [6.07, 6.45) is -1.49. The lowest BCUT2D eigenvalue weighted by atomic mass is 10.2. The Morgan fingerprint density at radius 1 is 1.12 bits per heavy atom. The topological polar surface area (TPSA) is 116 Å². The van der Waals surface area contributed by atoms with Crippen LogP contribution in [0.5, 0.6) is 0 Å². The van der Waals surface area contributed by atoms with E-state index in [4.69, 9.17) is 0 Å². The van der Waals surface area contributed by atoms with Gasteiger partial charge >= 0.3 is 6.18 Å². The van der Waals surface area contributed by atoms with Crippen LogP contribution < -0.4 is 0 Å². The fourth-order valence-corrected chi connectivity index (χ4v) is 6.59. The summed E-state index contributed by atoms with van der Waals surface area (Å²) >= 11 is 0. The van der Waals surface area contributed by atoms with Crippen molar-refractivity contribution < 1.29 is 30.0 Å². The molecule has 1 saturated carbocycles. The SMILES string of the molecule is CCS(=O)(=O)c1c(-c2nc3cc(C(F)(F)F)cnc3n2C)nc2cc(S(=O)(=O)C3CC3)ccn12. The first-order valence-corrected chi connectivity index (χ1v) is 13.4. The third kappa shape index (κ3) is 3.47. The van der Waals surface area contributed by atoms with Crippen LogP contribution in [0, 0.1) is 0 Å². The molecule has 4 aromatic heterocycles. The standard InChI is InChI=1S/C20H18F3N5O4S2/c1-3-33(29,30)19-16(18-25-14-8-11(20(21,22)23)10-24-17(14)27(18)2)26-15-9-13(6-7-28(15)19)34(31,32)12-4-5-12/h6-10,12H,3-5H2,1-2H3. The van der Waals surface area contributed by atoms with Gasteiger partial charge in [-0.15, -0.1) is 0 Å². The van der Waals surface area contributed by atoms with Gasteiger partial charge in [-0.25, -0.2) is 31.8 Å². The molecule has 0 amide bonds. The Morgan fingerprint density at radius 2 is 1.82 bits per heavy atom. The Balaban J connectivity index is 1.78. The number of halogens is 3. The first-order valence-electron chi connectivity index (χ1n) is 10.2. The lowest BCUT2D eigenvalue weighted by molar-refractivity contribution is -0.137. The van der Waals surface area contributed by atoms with Crippen LogP contribution in [0.4, 0.5) is 13.2 Å². The Kier molecular flexibility index (Phi) is 4.86.